The Morgan fingerprint density at radius 2 is 2.24 bits per heavy atom. The molecule has 17 heavy (non-hydrogen) atoms. The molecule has 1 saturated carbocycles. The first-order valence-corrected chi connectivity index (χ1v) is 5.81. The van der Waals surface area contributed by atoms with E-state index in [1.165, 1.54) is 20.0 Å². The number of esters is 1. The van der Waals surface area contributed by atoms with Crippen LogP contribution in [0.2, 0.25) is 0 Å². The number of methoxy groups -OCH3 is 1. The molecule has 0 bridgehead atoms. The van der Waals surface area contributed by atoms with Crippen LogP contribution >= 0.6 is 0 Å². The Labute approximate surface area is 101 Å². The Kier molecular flexibility index (Phi) is 3.52. The highest BCUT2D eigenvalue weighted by Crippen LogP contribution is 2.32. The fourth-order valence-electron chi connectivity index (χ4n) is 1.65. The predicted molar refractivity (Wildman–Crippen MR) is 65.0 cm³/mol. The lowest BCUT2D eigenvalue weighted by Gasteiger charge is -2.09. The summed E-state index contributed by atoms with van der Waals surface area (Å²) in [7, 11) is 1.35. The van der Waals surface area contributed by atoms with Gasteiger partial charge in [-0.3, -0.25) is 0 Å². The van der Waals surface area contributed by atoms with Gasteiger partial charge in [-0.25, -0.2) is 4.79 Å². The zero-order chi connectivity index (χ0) is 12.3. The highest BCUT2D eigenvalue weighted by Gasteiger charge is 2.21. The number of benzene rings is 1. The summed E-state index contributed by atoms with van der Waals surface area (Å²) in [5.41, 5.74) is 6.80. The molecule has 1 aliphatic carbocycles. The van der Waals surface area contributed by atoms with E-state index in [0.29, 0.717) is 23.6 Å². The van der Waals surface area contributed by atoms with Gasteiger partial charge in [0.25, 0.3) is 0 Å². The number of nitrogens with two attached hydrogens (primary N) is 1. The van der Waals surface area contributed by atoms with E-state index in [-0.39, 0.29) is 5.97 Å². The fraction of sp³-hybridized carbons (Fsp3) is 0.462. The van der Waals surface area contributed by atoms with E-state index in [0.717, 1.165) is 12.3 Å². The van der Waals surface area contributed by atoms with Crippen LogP contribution in [0.4, 0.5) is 5.69 Å². The fourth-order valence-corrected chi connectivity index (χ4v) is 1.65. The summed E-state index contributed by atoms with van der Waals surface area (Å²) in [6.45, 7) is 0.652. The first kappa shape index (κ1) is 11.8. The van der Waals surface area contributed by atoms with Crippen molar-refractivity contribution >= 4 is 11.7 Å². The van der Waals surface area contributed by atoms with Crippen LogP contribution in [-0.2, 0) is 4.74 Å². The lowest BCUT2D eigenvalue weighted by atomic mass is 10.2. The van der Waals surface area contributed by atoms with Crippen LogP contribution in [0.3, 0.4) is 0 Å². The van der Waals surface area contributed by atoms with Crippen LogP contribution in [0, 0.1) is 5.92 Å². The number of hydrogen-bond acceptors (Lipinski definition) is 4. The Hall–Kier alpha value is -1.71. The molecule has 0 amide bonds. The van der Waals surface area contributed by atoms with E-state index in [2.05, 4.69) is 4.74 Å². The van der Waals surface area contributed by atoms with Crippen molar-refractivity contribution in [3.05, 3.63) is 23.8 Å². The molecule has 0 spiro atoms. The molecular weight excluding hydrogens is 218 g/mol. The number of anilines is 1. The van der Waals surface area contributed by atoms with Crippen molar-refractivity contribution in [3.63, 3.8) is 0 Å². The molecule has 0 saturated heterocycles. The molecule has 0 heterocycles. The summed E-state index contributed by atoms with van der Waals surface area (Å²) in [6, 6.07) is 4.93. The lowest BCUT2D eigenvalue weighted by molar-refractivity contribution is 0.0600. The first-order chi connectivity index (χ1) is 8.20. The second-order valence-corrected chi connectivity index (χ2v) is 4.32. The topological polar surface area (TPSA) is 61.5 Å². The average molecular weight is 235 g/mol. The quantitative estimate of drug-likeness (QED) is 0.628. The smallest absolute Gasteiger partial charge is 0.337 e. The minimum absolute atomic E-state index is 0.378. The third-order valence-electron chi connectivity index (χ3n) is 2.92. The zero-order valence-corrected chi connectivity index (χ0v) is 9.94. The third kappa shape index (κ3) is 3.12. The van der Waals surface area contributed by atoms with E-state index >= 15 is 0 Å². The van der Waals surface area contributed by atoms with Crippen LogP contribution in [0.15, 0.2) is 18.2 Å². The Morgan fingerprint density at radius 1 is 1.47 bits per heavy atom. The van der Waals surface area contributed by atoms with Crippen molar-refractivity contribution in [2.45, 2.75) is 19.3 Å². The minimum atomic E-state index is -0.378. The van der Waals surface area contributed by atoms with Crippen LogP contribution < -0.4 is 10.5 Å². The van der Waals surface area contributed by atoms with E-state index in [1.54, 1.807) is 18.2 Å². The Balaban J connectivity index is 2.00. The van der Waals surface area contributed by atoms with Gasteiger partial charge in [0.1, 0.15) is 5.75 Å². The summed E-state index contributed by atoms with van der Waals surface area (Å²) < 4.78 is 10.2. The van der Waals surface area contributed by atoms with Gasteiger partial charge in [0, 0.05) is 0 Å². The second-order valence-electron chi connectivity index (χ2n) is 4.32. The largest absolute Gasteiger partial charge is 0.491 e. The van der Waals surface area contributed by atoms with Gasteiger partial charge in [-0.2, -0.15) is 0 Å². The first-order valence-electron chi connectivity index (χ1n) is 5.81. The van der Waals surface area contributed by atoms with Crippen LogP contribution in [0.1, 0.15) is 29.6 Å². The summed E-state index contributed by atoms with van der Waals surface area (Å²) in [6.07, 6.45) is 3.67. The minimum Gasteiger partial charge on any atom is -0.491 e. The van der Waals surface area contributed by atoms with Gasteiger partial charge >= 0.3 is 5.97 Å². The van der Waals surface area contributed by atoms with Crippen molar-refractivity contribution in [2.75, 3.05) is 19.5 Å². The predicted octanol–water partition coefficient (Wildman–Crippen LogP) is 2.23. The van der Waals surface area contributed by atoms with Gasteiger partial charge in [-0.1, -0.05) is 12.8 Å². The third-order valence-corrected chi connectivity index (χ3v) is 2.92. The van der Waals surface area contributed by atoms with E-state index < -0.39 is 0 Å². The molecule has 0 radical (unpaired) electrons. The summed E-state index contributed by atoms with van der Waals surface area (Å²) in [5, 5.41) is 0. The summed E-state index contributed by atoms with van der Waals surface area (Å²) >= 11 is 0. The van der Waals surface area contributed by atoms with Crippen LogP contribution in [-0.4, -0.2) is 19.7 Å². The monoisotopic (exact) mass is 235 g/mol. The molecule has 2 N–H and O–H groups in total. The maximum Gasteiger partial charge on any atom is 0.337 e. The Bertz CT molecular complexity index is 413. The highest BCUT2D eigenvalue weighted by molar-refractivity contribution is 5.90. The summed E-state index contributed by atoms with van der Waals surface area (Å²) in [4.78, 5) is 11.4. The molecule has 1 fully saturated rings. The second kappa shape index (κ2) is 5.08. The zero-order valence-electron chi connectivity index (χ0n) is 9.94. The van der Waals surface area contributed by atoms with Gasteiger partial charge in [0.05, 0.1) is 25.0 Å². The number of carbonyl (C=O) groups excluding carboxylic acids is 1. The molecule has 0 unspecified atom stereocenters. The molecule has 0 aliphatic heterocycles. The molecule has 1 aromatic carbocycles. The van der Waals surface area contributed by atoms with Crippen molar-refractivity contribution in [1.82, 2.24) is 0 Å². The summed E-state index contributed by atoms with van der Waals surface area (Å²) in [5.74, 6) is 1.01. The molecule has 2 rings (SSSR count). The SMILES string of the molecule is COC(=O)c1ccc(N)c(OCCC2CC2)c1. The van der Waals surface area contributed by atoms with Gasteiger partial charge in [0.2, 0.25) is 0 Å². The van der Waals surface area contributed by atoms with Gasteiger partial charge < -0.3 is 15.2 Å². The maximum absolute atomic E-state index is 11.4. The van der Waals surface area contributed by atoms with Crippen molar-refractivity contribution in [1.29, 1.82) is 0 Å². The molecule has 0 aromatic heterocycles. The maximum atomic E-state index is 11.4. The molecule has 4 nitrogen and oxygen atoms in total. The van der Waals surface area contributed by atoms with E-state index in [9.17, 15) is 4.79 Å². The number of hydrogen-bond donors (Lipinski definition) is 1. The lowest BCUT2D eigenvalue weighted by Crippen LogP contribution is -2.05. The number of rotatable bonds is 5. The Morgan fingerprint density at radius 3 is 2.88 bits per heavy atom. The number of carbonyl (C=O) groups is 1. The van der Waals surface area contributed by atoms with Crippen molar-refractivity contribution < 1.29 is 14.3 Å². The van der Waals surface area contributed by atoms with Crippen LogP contribution in [0.25, 0.3) is 0 Å². The highest BCUT2D eigenvalue weighted by atomic mass is 16.5. The van der Waals surface area contributed by atoms with E-state index in [1.807, 2.05) is 0 Å². The molecule has 1 aromatic rings. The molecule has 0 atom stereocenters. The van der Waals surface area contributed by atoms with Gasteiger partial charge in [0.15, 0.2) is 0 Å². The van der Waals surface area contributed by atoms with Gasteiger partial charge in [-0.05, 0) is 30.5 Å². The van der Waals surface area contributed by atoms with Crippen LogP contribution in [0.5, 0.6) is 5.75 Å². The van der Waals surface area contributed by atoms with Gasteiger partial charge in [-0.15, -0.1) is 0 Å². The molecular formula is C13H17NO3. The van der Waals surface area contributed by atoms with Crippen molar-refractivity contribution in [2.24, 2.45) is 5.92 Å². The van der Waals surface area contributed by atoms with Crippen molar-refractivity contribution in [3.8, 4) is 5.75 Å². The van der Waals surface area contributed by atoms with E-state index in [4.69, 9.17) is 10.5 Å². The molecule has 1 aliphatic rings. The standard InChI is InChI=1S/C13H17NO3/c1-16-13(15)10-4-5-11(14)12(8-10)17-7-6-9-2-3-9/h4-5,8-9H,2-3,6-7,14H2,1H3. The molecule has 92 valence electrons. The number of nitrogen functional groups attached to an aromatic ring is 1. The number of ether oxygens (including phenoxy) is 2. The molecule has 4 heteroatoms. The average Bonchev–Trinajstić information content (AvgIpc) is 3.14. The normalized spacial score (nSPS) is 14.4.